The van der Waals surface area contributed by atoms with E-state index >= 15 is 0 Å². The van der Waals surface area contributed by atoms with E-state index < -0.39 is 0 Å². The van der Waals surface area contributed by atoms with Crippen molar-refractivity contribution in [3.8, 4) is 0 Å². The van der Waals surface area contributed by atoms with Crippen molar-refractivity contribution in [3.63, 3.8) is 0 Å². The van der Waals surface area contributed by atoms with Gasteiger partial charge in [-0.05, 0) is 50.0 Å². The summed E-state index contributed by atoms with van der Waals surface area (Å²) in [7, 11) is 2.05. The van der Waals surface area contributed by atoms with Gasteiger partial charge >= 0.3 is 0 Å². The average molecular weight is 296 g/mol. The van der Waals surface area contributed by atoms with Gasteiger partial charge in [0.1, 0.15) is 0 Å². The fraction of sp³-hybridized carbons (Fsp3) is 0.667. The van der Waals surface area contributed by atoms with Crippen LogP contribution in [0.3, 0.4) is 0 Å². The Morgan fingerprint density at radius 3 is 2.30 bits per heavy atom. The smallest absolute Gasteiger partial charge is 0.0406 e. The van der Waals surface area contributed by atoms with Gasteiger partial charge in [0.05, 0.1) is 0 Å². The van der Waals surface area contributed by atoms with E-state index in [1.807, 2.05) is 12.1 Å². The highest BCUT2D eigenvalue weighted by atomic mass is 35.5. The van der Waals surface area contributed by atoms with E-state index in [0.29, 0.717) is 0 Å². The molecule has 1 nitrogen and oxygen atoms in total. The zero-order valence-corrected chi connectivity index (χ0v) is 13.9. The van der Waals surface area contributed by atoms with Gasteiger partial charge in [0, 0.05) is 5.02 Å². The van der Waals surface area contributed by atoms with Crippen molar-refractivity contribution < 1.29 is 0 Å². The summed E-state index contributed by atoms with van der Waals surface area (Å²) < 4.78 is 0. The van der Waals surface area contributed by atoms with E-state index in [0.717, 1.165) is 23.9 Å². The van der Waals surface area contributed by atoms with Crippen molar-refractivity contribution in [1.82, 2.24) is 5.32 Å². The lowest BCUT2D eigenvalue weighted by molar-refractivity contribution is 0.432. The van der Waals surface area contributed by atoms with Gasteiger partial charge in [0.25, 0.3) is 0 Å². The molecule has 0 bridgehead atoms. The maximum absolute atomic E-state index is 5.94. The topological polar surface area (TPSA) is 12.0 Å². The molecule has 0 spiro atoms. The van der Waals surface area contributed by atoms with Crippen LogP contribution in [0.2, 0.25) is 5.02 Å². The third kappa shape index (κ3) is 7.91. The summed E-state index contributed by atoms with van der Waals surface area (Å²) in [4.78, 5) is 0. The lowest BCUT2D eigenvalue weighted by Crippen LogP contribution is -2.20. The number of unbranched alkanes of at least 4 members (excludes halogenated alkanes) is 5. The Hall–Kier alpha value is -0.530. The van der Waals surface area contributed by atoms with Crippen molar-refractivity contribution in [3.05, 3.63) is 34.9 Å². The molecule has 0 aliphatic heterocycles. The Balaban J connectivity index is 2.27. The van der Waals surface area contributed by atoms with Gasteiger partial charge in [0.15, 0.2) is 0 Å². The Labute approximate surface area is 130 Å². The number of nitrogens with one attached hydrogen (secondary N) is 1. The minimum Gasteiger partial charge on any atom is -0.319 e. The van der Waals surface area contributed by atoms with Gasteiger partial charge in [-0.25, -0.2) is 0 Å². The molecular weight excluding hydrogens is 266 g/mol. The molecule has 1 unspecified atom stereocenters. The molecule has 2 heteroatoms. The van der Waals surface area contributed by atoms with Crippen LogP contribution < -0.4 is 5.32 Å². The average Bonchev–Trinajstić information content (AvgIpc) is 2.45. The van der Waals surface area contributed by atoms with E-state index in [-0.39, 0.29) is 0 Å². The zero-order chi connectivity index (χ0) is 14.6. The van der Waals surface area contributed by atoms with Crippen LogP contribution in [0.1, 0.15) is 57.4 Å². The van der Waals surface area contributed by atoms with Gasteiger partial charge in [-0.3, -0.25) is 0 Å². The van der Waals surface area contributed by atoms with E-state index in [1.165, 1.54) is 50.5 Å². The van der Waals surface area contributed by atoms with E-state index in [2.05, 4.69) is 31.4 Å². The van der Waals surface area contributed by atoms with Gasteiger partial charge in [0.2, 0.25) is 0 Å². The van der Waals surface area contributed by atoms with Crippen molar-refractivity contribution >= 4 is 11.6 Å². The van der Waals surface area contributed by atoms with Gasteiger partial charge in [-0.1, -0.05) is 69.2 Å². The Morgan fingerprint density at radius 2 is 1.65 bits per heavy atom. The molecule has 1 atom stereocenters. The zero-order valence-electron chi connectivity index (χ0n) is 13.1. The number of halogens is 1. The quantitative estimate of drug-likeness (QED) is 0.534. The summed E-state index contributed by atoms with van der Waals surface area (Å²) >= 11 is 5.94. The van der Waals surface area contributed by atoms with Crippen LogP contribution in [0.4, 0.5) is 0 Å². The lowest BCUT2D eigenvalue weighted by Gasteiger charge is -2.16. The molecule has 0 amide bonds. The fourth-order valence-corrected chi connectivity index (χ4v) is 2.86. The molecule has 20 heavy (non-hydrogen) atoms. The predicted molar refractivity (Wildman–Crippen MR) is 90.6 cm³/mol. The standard InChI is InChI=1S/C18H30ClN/c1-3-4-5-6-7-8-9-17(15-20-2)14-16-10-12-18(19)13-11-16/h10-13,17,20H,3-9,14-15H2,1-2H3. The summed E-state index contributed by atoms with van der Waals surface area (Å²) in [5.74, 6) is 0.743. The minimum absolute atomic E-state index is 0.743. The second-order valence-electron chi connectivity index (χ2n) is 5.81. The van der Waals surface area contributed by atoms with Gasteiger partial charge in [-0.2, -0.15) is 0 Å². The van der Waals surface area contributed by atoms with Gasteiger partial charge in [-0.15, -0.1) is 0 Å². The molecule has 1 N–H and O–H groups in total. The van der Waals surface area contributed by atoms with Crippen molar-refractivity contribution in [2.45, 2.75) is 58.3 Å². The lowest BCUT2D eigenvalue weighted by atomic mass is 9.93. The van der Waals surface area contributed by atoms with Crippen LogP contribution in [0, 0.1) is 5.92 Å². The number of hydrogen-bond donors (Lipinski definition) is 1. The molecule has 0 saturated carbocycles. The Kier molecular flexibility index (Phi) is 9.78. The molecule has 1 rings (SSSR count). The first kappa shape index (κ1) is 17.5. The first-order valence-electron chi connectivity index (χ1n) is 8.15. The monoisotopic (exact) mass is 295 g/mol. The molecule has 1 aromatic rings. The van der Waals surface area contributed by atoms with Crippen LogP contribution in [-0.2, 0) is 6.42 Å². The van der Waals surface area contributed by atoms with Crippen LogP contribution >= 0.6 is 11.6 Å². The predicted octanol–water partition coefficient (Wildman–Crippen LogP) is 5.47. The fourth-order valence-electron chi connectivity index (χ4n) is 2.73. The summed E-state index contributed by atoms with van der Waals surface area (Å²) in [6.45, 7) is 3.38. The van der Waals surface area contributed by atoms with E-state index in [4.69, 9.17) is 11.6 Å². The highest BCUT2D eigenvalue weighted by molar-refractivity contribution is 6.30. The highest BCUT2D eigenvalue weighted by Gasteiger charge is 2.08. The molecule has 0 aliphatic rings. The first-order valence-corrected chi connectivity index (χ1v) is 8.53. The largest absolute Gasteiger partial charge is 0.319 e. The Bertz CT molecular complexity index is 334. The molecule has 0 heterocycles. The molecule has 0 radical (unpaired) electrons. The Morgan fingerprint density at radius 1 is 1.00 bits per heavy atom. The first-order chi connectivity index (χ1) is 9.76. The summed E-state index contributed by atoms with van der Waals surface area (Å²) in [5.41, 5.74) is 1.40. The third-order valence-corrected chi connectivity index (χ3v) is 4.15. The minimum atomic E-state index is 0.743. The molecule has 114 valence electrons. The van der Waals surface area contributed by atoms with Crippen LogP contribution in [0.15, 0.2) is 24.3 Å². The highest BCUT2D eigenvalue weighted by Crippen LogP contribution is 2.18. The molecule has 0 saturated heterocycles. The number of rotatable bonds is 11. The third-order valence-electron chi connectivity index (χ3n) is 3.90. The molecule has 0 aromatic heterocycles. The summed E-state index contributed by atoms with van der Waals surface area (Å²) in [6, 6.07) is 8.31. The van der Waals surface area contributed by atoms with Crippen molar-refractivity contribution in [2.24, 2.45) is 5.92 Å². The van der Waals surface area contributed by atoms with Crippen LogP contribution in [-0.4, -0.2) is 13.6 Å². The summed E-state index contributed by atoms with van der Waals surface area (Å²) in [5, 5.41) is 4.16. The number of benzene rings is 1. The number of hydrogen-bond acceptors (Lipinski definition) is 1. The van der Waals surface area contributed by atoms with Gasteiger partial charge < -0.3 is 5.32 Å². The van der Waals surface area contributed by atoms with Crippen LogP contribution in [0.5, 0.6) is 0 Å². The van der Waals surface area contributed by atoms with Crippen LogP contribution in [0.25, 0.3) is 0 Å². The maximum Gasteiger partial charge on any atom is 0.0406 e. The molecule has 0 fully saturated rings. The van der Waals surface area contributed by atoms with Crippen molar-refractivity contribution in [1.29, 1.82) is 0 Å². The SMILES string of the molecule is CCCCCCCCC(CNC)Cc1ccc(Cl)cc1. The molecule has 1 aromatic carbocycles. The maximum atomic E-state index is 5.94. The second-order valence-corrected chi connectivity index (χ2v) is 6.25. The summed E-state index contributed by atoms with van der Waals surface area (Å²) in [6.07, 6.45) is 10.8. The molecule has 0 aliphatic carbocycles. The van der Waals surface area contributed by atoms with E-state index in [9.17, 15) is 0 Å². The molecular formula is C18H30ClN. The normalized spacial score (nSPS) is 12.6. The van der Waals surface area contributed by atoms with E-state index in [1.54, 1.807) is 0 Å². The van der Waals surface area contributed by atoms with Crippen molar-refractivity contribution in [2.75, 3.05) is 13.6 Å². The second kappa shape index (κ2) is 11.2.